The monoisotopic (exact) mass is 295 g/mol. The third-order valence-corrected chi connectivity index (χ3v) is 5.85. The molecule has 4 bridgehead atoms. The number of carboxylic acids is 1. The van der Waals surface area contributed by atoms with Gasteiger partial charge in [0.05, 0.1) is 12.0 Å². The van der Waals surface area contributed by atoms with E-state index in [0.717, 1.165) is 19.3 Å². The van der Waals surface area contributed by atoms with Crippen molar-refractivity contribution in [3.8, 4) is 0 Å². The van der Waals surface area contributed by atoms with Crippen LogP contribution in [0.3, 0.4) is 0 Å². The van der Waals surface area contributed by atoms with Gasteiger partial charge in [-0.15, -0.1) is 0 Å². The van der Waals surface area contributed by atoms with Crippen LogP contribution in [0.4, 0.5) is 0 Å². The van der Waals surface area contributed by atoms with Crippen LogP contribution < -0.4 is 5.32 Å². The molecule has 0 radical (unpaired) electrons. The Balaban J connectivity index is 1.75. The van der Waals surface area contributed by atoms with Crippen molar-refractivity contribution in [1.29, 1.82) is 0 Å². The first-order valence-electron chi connectivity index (χ1n) is 7.85. The Morgan fingerprint density at radius 2 is 1.71 bits per heavy atom. The highest BCUT2D eigenvalue weighted by Gasteiger charge is 2.62. The van der Waals surface area contributed by atoms with Gasteiger partial charge >= 0.3 is 5.97 Å². The minimum absolute atomic E-state index is 0.0515. The summed E-state index contributed by atoms with van der Waals surface area (Å²) in [6.07, 6.45) is 4.85. The van der Waals surface area contributed by atoms with E-state index in [-0.39, 0.29) is 28.7 Å². The Labute approximate surface area is 125 Å². The summed E-state index contributed by atoms with van der Waals surface area (Å²) in [6, 6.07) is 0. The Kier molecular flexibility index (Phi) is 3.14. The molecule has 4 aliphatic rings. The fourth-order valence-corrected chi connectivity index (χ4v) is 6.17. The molecule has 3 N–H and O–H groups in total. The molecule has 0 spiro atoms. The first-order chi connectivity index (χ1) is 9.65. The number of rotatable bonds is 4. The molecule has 0 saturated heterocycles. The SMILES string of the molecule is CC12CC3CC(C)(C1)CC(C(=O)NCC(O)C(=O)O)(C3)C2. The lowest BCUT2D eigenvalue weighted by Gasteiger charge is -2.64. The Hall–Kier alpha value is -1.10. The summed E-state index contributed by atoms with van der Waals surface area (Å²) in [7, 11) is 0. The van der Waals surface area contributed by atoms with E-state index < -0.39 is 12.1 Å². The van der Waals surface area contributed by atoms with Crippen LogP contribution in [0.5, 0.6) is 0 Å². The van der Waals surface area contributed by atoms with Crippen LogP contribution in [-0.2, 0) is 9.59 Å². The third-order valence-electron chi connectivity index (χ3n) is 5.85. The number of aliphatic hydroxyl groups is 1. The molecular formula is C16H25NO4. The second kappa shape index (κ2) is 4.45. The van der Waals surface area contributed by atoms with Gasteiger partial charge in [-0.05, 0) is 55.3 Å². The van der Waals surface area contributed by atoms with Gasteiger partial charge < -0.3 is 15.5 Å². The molecular weight excluding hydrogens is 270 g/mol. The van der Waals surface area contributed by atoms with Gasteiger partial charge in [0.15, 0.2) is 6.10 Å². The molecule has 3 unspecified atom stereocenters. The van der Waals surface area contributed by atoms with Crippen LogP contribution in [0.1, 0.15) is 52.4 Å². The number of carboxylic acid groups (broad SMARTS) is 1. The molecule has 0 aromatic carbocycles. The molecule has 0 heterocycles. The summed E-state index contributed by atoms with van der Waals surface area (Å²) in [5, 5.41) is 20.7. The number of aliphatic hydroxyl groups excluding tert-OH is 1. The van der Waals surface area contributed by atoms with E-state index in [0.29, 0.717) is 5.92 Å². The number of carbonyl (C=O) groups excluding carboxylic acids is 1. The number of aliphatic carboxylic acids is 1. The summed E-state index contributed by atoms with van der Waals surface area (Å²) in [5.41, 5.74) is 0.148. The smallest absolute Gasteiger partial charge is 0.334 e. The summed E-state index contributed by atoms with van der Waals surface area (Å²) in [6.45, 7) is 4.39. The third kappa shape index (κ3) is 2.45. The van der Waals surface area contributed by atoms with E-state index in [1.165, 1.54) is 19.3 Å². The number of hydrogen-bond acceptors (Lipinski definition) is 3. The van der Waals surface area contributed by atoms with Crippen molar-refractivity contribution >= 4 is 11.9 Å². The van der Waals surface area contributed by atoms with Gasteiger partial charge in [-0.2, -0.15) is 0 Å². The van der Waals surface area contributed by atoms with Gasteiger partial charge in [-0.3, -0.25) is 4.79 Å². The van der Waals surface area contributed by atoms with Crippen molar-refractivity contribution < 1.29 is 19.8 Å². The van der Waals surface area contributed by atoms with E-state index in [9.17, 15) is 14.7 Å². The molecule has 3 atom stereocenters. The zero-order chi connectivity index (χ0) is 15.5. The van der Waals surface area contributed by atoms with Gasteiger partial charge in [0.2, 0.25) is 5.91 Å². The van der Waals surface area contributed by atoms with Crippen molar-refractivity contribution in [1.82, 2.24) is 5.32 Å². The molecule has 4 rings (SSSR count). The van der Waals surface area contributed by atoms with Gasteiger partial charge in [0.1, 0.15) is 0 Å². The molecule has 0 aliphatic heterocycles. The standard InChI is InChI=1S/C16H25NO4/c1-14-3-10-4-15(2,7-14)9-16(5-10,8-14)13(21)17-6-11(18)12(19)20/h10-11,18H,3-9H2,1-2H3,(H,17,21)(H,19,20). The van der Waals surface area contributed by atoms with E-state index >= 15 is 0 Å². The Morgan fingerprint density at radius 3 is 2.19 bits per heavy atom. The van der Waals surface area contributed by atoms with Crippen molar-refractivity contribution in [3.05, 3.63) is 0 Å². The average molecular weight is 295 g/mol. The van der Waals surface area contributed by atoms with Gasteiger partial charge in [-0.1, -0.05) is 13.8 Å². The number of carbonyl (C=O) groups is 2. The number of nitrogens with one attached hydrogen (secondary N) is 1. The fraction of sp³-hybridized carbons (Fsp3) is 0.875. The van der Waals surface area contributed by atoms with Crippen LogP contribution in [0.2, 0.25) is 0 Å². The van der Waals surface area contributed by atoms with Crippen LogP contribution in [-0.4, -0.2) is 34.7 Å². The molecule has 4 aliphatic carbocycles. The minimum atomic E-state index is -1.52. The molecule has 4 fully saturated rings. The molecule has 5 heteroatoms. The van der Waals surface area contributed by atoms with Gasteiger partial charge in [0, 0.05) is 0 Å². The average Bonchev–Trinajstić information content (AvgIpc) is 2.30. The van der Waals surface area contributed by atoms with Crippen LogP contribution in [0.15, 0.2) is 0 Å². The molecule has 118 valence electrons. The largest absolute Gasteiger partial charge is 0.479 e. The summed E-state index contributed by atoms with van der Waals surface area (Å²) < 4.78 is 0. The number of hydrogen-bond donors (Lipinski definition) is 3. The Morgan fingerprint density at radius 1 is 1.14 bits per heavy atom. The van der Waals surface area contributed by atoms with Crippen molar-refractivity contribution in [3.63, 3.8) is 0 Å². The summed E-state index contributed by atoms with van der Waals surface area (Å²) in [4.78, 5) is 23.4. The molecule has 0 aromatic rings. The first-order valence-corrected chi connectivity index (χ1v) is 7.85. The highest BCUT2D eigenvalue weighted by atomic mass is 16.4. The van der Waals surface area contributed by atoms with Gasteiger partial charge in [-0.25, -0.2) is 4.79 Å². The fourth-order valence-electron chi connectivity index (χ4n) is 6.17. The topological polar surface area (TPSA) is 86.6 Å². The van der Waals surface area contributed by atoms with Crippen molar-refractivity contribution in [2.75, 3.05) is 6.54 Å². The van der Waals surface area contributed by atoms with Crippen molar-refractivity contribution in [2.45, 2.75) is 58.5 Å². The van der Waals surface area contributed by atoms with Gasteiger partial charge in [0.25, 0.3) is 0 Å². The maximum Gasteiger partial charge on any atom is 0.334 e. The lowest BCUT2D eigenvalue weighted by Crippen LogP contribution is -2.60. The second-order valence-corrected chi connectivity index (χ2v) is 8.47. The Bertz CT molecular complexity index is 471. The zero-order valence-corrected chi connectivity index (χ0v) is 12.8. The molecule has 0 aromatic heterocycles. The summed E-state index contributed by atoms with van der Waals surface area (Å²) >= 11 is 0. The van der Waals surface area contributed by atoms with E-state index in [1.807, 2.05) is 0 Å². The van der Waals surface area contributed by atoms with E-state index in [2.05, 4.69) is 19.2 Å². The number of amides is 1. The quantitative estimate of drug-likeness (QED) is 0.734. The van der Waals surface area contributed by atoms with Crippen LogP contribution >= 0.6 is 0 Å². The van der Waals surface area contributed by atoms with E-state index in [1.54, 1.807) is 0 Å². The van der Waals surface area contributed by atoms with Crippen LogP contribution in [0, 0.1) is 22.2 Å². The minimum Gasteiger partial charge on any atom is -0.479 e. The molecule has 21 heavy (non-hydrogen) atoms. The summed E-state index contributed by atoms with van der Waals surface area (Å²) in [5.74, 6) is -0.726. The predicted octanol–water partition coefficient (Wildman–Crippen LogP) is 1.54. The molecule has 4 saturated carbocycles. The first kappa shape index (κ1) is 14.8. The highest BCUT2D eigenvalue weighted by molar-refractivity contribution is 5.84. The zero-order valence-electron chi connectivity index (χ0n) is 12.8. The predicted molar refractivity (Wildman–Crippen MR) is 76.5 cm³/mol. The second-order valence-electron chi connectivity index (χ2n) is 8.47. The molecule has 1 amide bonds. The lowest BCUT2D eigenvalue weighted by atomic mass is 9.40. The molecule has 5 nitrogen and oxygen atoms in total. The maximum absolute atomic E-state index is 12.7. The van der Waals surface area contributed by atoms with Crippen molar-refractivity contribution in [2.24, 2.45) is 22.2 Å². The normalized spacial score (nSPS) is 45.4. The van der Waals surface area contributed by atoms with Crippen LogP contribution in [0.25, 0.3) is 0 Å². The maximum atomic E-state index is 12.7. The van der Waals surface area contributed by atoms with E-state index in [4.69, 9.17) is 5.11 Å². The highest BCUT2D eigenvalue weighted by Crippen LogP contribution is 2.69. The lowest BCUT2D eigenvalue weighted by molar-refractivity contribution is -0.170.